The van der Waals surface area contributed by atoms with E-state index in [2.05, 4.69) is 68.7 Å². The predicted octanol–water partition coefficient (Wildman–Crippen LogP) is 10.00. The molecule has 1 unspecified atom stereocenters. The number of nitrogens with one attached hydrogen (secondary N) is 2. The third-order valence-electron chi connectivity index (χ3n) is 16.5. The molecule has 4 aromatic carbocycles. The lowest BCUT2D eigenvalue weighted by molar-refractivity contribution is -0.137. The smallest absolute Gasteiger partial charge is 0.260 e. The molecule has 4 aromatic rings. The number of carbonyl (C=O) groups excluding carboxylic acids is 7. The van der Waals surface area contributed by atoms with Crippen molar-refractivity contribution >= 4 is 87.6 Å². The fourth-order valence-electron chi connectivity index (χ4n) is 11.3. The van der Waals surface area contributed by atoms with Gasteiger partial charge in [0.05, 0.1) is 61.5 Å². The number of likely N-dealkylation sites (N-methyl/N-ethyl adjacent to an activating group) is 1. The molecule has 6 amide bonds. The number of methoxy groups -OCH3 is 3. The van der Waals surface area contributed by atoms with Crippen LogP contribution in [0.25, 0.3) is 11.1 Å². The van der Waals surface area contributed by atoms with Gasteiger partial charge in [-0.2, -0.15) is 0 Å². The molecule has 6 aliphatic heterocycles. The number of piperazine rings is 1. The average molecular weight is 1220 g/mol. The summed E-state index contributed by atoms with van der Waals surface area (Å²) in [6.45, 7) is 16.8. The zero-order valence-electron chi connectivity index (χ0n) is 53.0. The Bertz CT molecular complexity index is 3380. The van der Waals surface area contributed by atoms with Gasteiger partial charge >= 0.3 is 0 Å². The van der Waals surface area contributed by atoms with Crippen LogP contribution in [-0.4, -0.2) is 166 Å². The van der Waals surface area contributed by atoms with Gasteiger partial charge in [0.15, 0.2) is 17.3 Å². The molecule has 20 heteroatoms. The first-order chi connectivity index (χ1) is 42.8. The van der Waals surface area contributed by atoms with Crippen LogP contribution in [0.2, 0.25) is 0 Å². The summed E-state index contributed by atoms with van der Waals surface area (Å²) in [6.07, 6.45) is 16.7. The van der Waals surface area contributed by atoms with Crippen molar-refractivity contribution in [2.24, 2.45) is 21.8 Å². The minimum Gasteiger partial charge on any atom is -0.496 e. The Balaban J connectivity index is 0.000000192. The maximum absolute atomic E-state index is 13.5. The number of ketones is 1. The number of hydrogen-bond acceptors (Lipinski definition) is 15. The maximum Gasteiger partial charge on any atom is 0.260 e. The highest BCUT2D eigenvalue weighted by molar-refractivity contribution is 6.13. The van der Waals surface area contributed by atoms with Gasteiger partial charge < -0.3 is 49.2 Å². The molecule has 20 nitrogen and oxygen atoms in total. The number of aliphatic imine (C=N–C) groups is 2. The van der Waals surface area contributed by atoms with Crippen molar-refractivity contribution in [3.8, 4) is 17.2 Å². The third kappa shape index (κ3) is 16.7. The summed E-state index contributed by atoms with van der Waals surface area (Å²) in [5, 5.41) is 5.55. The van der Waals surface area contributed by atoms with Crippen molar-refractivity contribution in [1.82, 2.24) is 24.9 Å². The van der Waals surface area contributed by atoms with Gasteiger partial charge in [-0.3, -0.25) is 48.4 Å². The highest BCUT2D eigenvalue weighted by atomic mass is 16.5. The molecule has 0 aliphatic carbocycles. The second-order valence-corrected chi connectivity index (χ2v) is 23.5. The van der Waals surface area contributed by atoms with Gasteiger partial charge in [0.25, 0.3) is 23.6 Å². The normalized spacial score (nSPS) is 18.1. The van der Waals surface area contributed by atoms with Gasteiger partial charge in [0.2, 0.25) is 11.8 Å². The summed E-state index contributed by atoms with van der Waals surface area (Å²) in [5.41, 5.74) is 9.23. The number of aryl methyl sites for hydroxylation is 1. The number of amides is 6. The van der Waals surface area contributed by atoms with E-state index >= 15 is 0 Å². The molecule has 89 heavy (non-hydrogen) atoms. The van der Waals surface area contributed by atoms with Crippen molar-refractivity contribution in [2.45, 2.75) is 111 Å². The van der Waals surface area contributed by atoms with Crippen LogP contribution in [0.3, 0.4) is 0 Å². The number of Topliss-reactive ketones (excluding diaryl/α,β-unsaturated/α-hetero) is 1. The average Bonchev–Trinajstić information content (AvgIpc) is 1.79. The Morgan fingerprint density at radius 3 is 1.78 bits per heavy atom. The zero-order valence-corrected chi connectivity index (χ0v) is 53.0. The van der Waals surface area contributed by atoms with E-state index in [9.17, 15) is 33.6 Å². The summed E-state index contributed by atoms with van der Waals surface area (Å²) < 4.78 is 21.9. The van der Waals surface area contributed by atoms with Crippen LogP contribution in [0.1, 0.15) is 123 Å². The molecule has 6 heterocycles. The molecule has 1 saturated heterocycles. The minimum atomic E-state index is -0.619. The van der Waals surface area contributed by atoms with E-state index in [-0.39, 0.29) is 65.6 Å². The van der Waals surface area contributed by atoms with E-state index in [4.69, 9.17) is 18.9 Å². The Labute approximate surface area is 522 Å². The van der Waals surface area contributed by atoms with Gasteiger partial charge in [-0.15, -0.1) is 0 Å². The highest BCUT2D eigenvalue weighted by Gasteiger charge is 2.36. The fourth-order valence-corrected chi connectivity index (χ4v) is 11.3. The molecule has 0 aromatic heterocycles. The first-order valence-electron chi connectivity index (χ1n) is 30.8. The molecular formula is C69H85N9O11. The zero-order chi connectivity index (χ0) is 63.9. The van der Waals surface area contributed by atoms with E-state index in [1.807, 2.05) is 63.8 Å². The molecule has 2 N–H and O–H groups in total. The first kappa shape index (κ1) is 66.2. The number of benzene rings is 4. The second kappa shape index (κ2) is 30.9. The minimum absolute atomic E-state index is 0.0291. The van der Waals surface area contributed by atoms with Gasteiger partial charge in [0.1, 0.15) is 5.75 Å². The number of hydrogen-bond donors (Lipinski definition) is 2. The van der Waals surface area contributed by atoms with E-state index in [0.717, 1.165) is 79.7 Å². The largest absolute Gasteiger partial charge is 0.496 e. The molecule has 1 fully saturated rings. The maximum atomic E-state index is 13.5. The standard InChI is InChI=1S/C31H36N4O5.C28H34N4O4.C10H15NO2/c1-17(2)29(33-20(5)36)27(37)12-19(4)30(38)34-23-9-7-21(8-10-23)22-13-24-15-32-26-11-18(3)28(40-6)14-25(26)31(39)35(24)16-22;1-30-9-11-31(12-10-30)22-7-5-20(6-8-22)21-15-23-18-29-25-17-27(36-14-4-13-34-2)26(35-3)16-24(25)28(33)32(23)19-21;1-2-3-4-5-8-11-9(12)6-7-10(11)13/h7-11,14-17,19,24,29H,12-13H2,1-6H3,(H,33,36)(H,34,38);5-8,16-19,23H,4,9-15H2,1-3H3;6-7H,2-5,8H2,1H3/t19-,24+,29?;23-;/m10./s1. The Morgan fingerprint density at radius 1 is 0.674 bits per heavy atom. The molecule has 0 bridgehead atoms. The number of ether oxygens (including phenoxy) is 4. The summed E-state index contributed by atoms with van der Waals surface area (Å²) in [7, 11) is 6.99. The van der Waals surface area contributed by atoms with E-state index in [0.29, 0.717) is 71.6 Å². The SMILES string of the molecule is CCCCCCN1C(=O)C=CC1=O.COCCCOc1cc2c(cc1OC)C(=O)N1C=C(c3ccc(N4CCN(C)CC4)cc3)C[C@H]1C=N2.COc1cc2c(cc1C)N=C[C@@H]1CC(c3ccc(NC(=O)[C@H](C)CC(=O)C(NC(C)=O)C(C)C)cc3)=CN1C2=O. The summed E-state index contributed by atoms with van der Waals surface area (Å²) in [6, 6.07) is 22.3. The number of fused-ring (bicyclic) bond motifs is 4. The molecule has 10 rings (SSSR count). The van der Waals surface area contributed by atoms with Gasteiger partial charge in [0, 0.05) is 139 Å². The predicted molar refractivity (Wildman–Crippen MR) is 347 cm³/mol. The quantitative estimate of drug-likeness (QED) is 0.0553. The van der Waals surface area contributed by atoms with Crippen LogP contribution >= 0.6 is 0 Å². The number of unbranched alkanes of at least 4 members (excludes halogenated alkanes) is 3. The fraction of sp³-hybridized carbons (Fsp3) is 0.435. The monoisotopic (exact) mass is 1220 g/mol. The molecular weight excluding hydrogens is 1130 g/mol. The van der Waals surface area contributed by atoms with Crippen LogP contribution in [-0.2, 0) is 28.7 Å². The highest BCUT2D eigenvalue weighted by Crippen LogP contribution is 2.41. The number of anilines is 2. The molecule has 4 atom stereocenters. The van der Waals surface area contributed by atoms with Crippen molar-refractivity contribution in [2.75, 3.05) is 84.5 Å². The van der Waals surface area contributed by atoms with E-state index in [1.54, 1.807) is 68.4 Å². The number of imide groups is 1. The summed E-state index contributed by atoms with van der Waals surface area (Å²) in [5.74, 6) is -0.138. The van der Waals surface area contributed by atoms with Crippen LogP contribution in [0.15, 0.2) is 107 Å². The van der Waals surface area contributed by atoms with Crippen molar-refractivity contribution < 1.29 is 52.5 Å². The Kier molecular flexibility index (Phi) is 23.0. The van der Waals surface area contributed by atoms with Crippen molar-refractivity contribution in [3.63, 3.8) is 0 Å². The lowest BCUT2D eigenvalue weighted by atomic mass is 9.93. The molecule has 0 radical (unpaired) electrons. The van der Waals surface area contributed by atoms with Crippen molar-refractivity contribution in [3.05, 3.63) is 125 Å². The van der Waals surface area contributed by atoms with E-state index < -0.39 is 12.0 Å². The van der Waals surface area contributed by atoms with Crippen LogP contribution in [0.4, 0.5) is 22.7 Å². The van der Waals surface area contributed by atoms with Crippen LogP contribution in [0, 0.1) is 18.8 Å². The second-order valence-electron chi connectivity index (χ2n) is 23.5. The van der Waals surface area contributed by atoms with Crippen LogP contribution < -0.4 is 29.7 Å². The third-order valence-corrected chi connectivity index (χ3v) is 16.5. The first-order valence-corrected chi connectivity index (χ1v) is 30.8. The van der Waals surface area contributed by atoms with Crippen molar-refractivity contribution in [1.29, 1.82) is 0 Å². The number of rotatable bonds is 22. The lowest BCUT2D eigenvalue weighted by Crippen LogP contribution is -2.44. The van der Waals surface area contributed by atoms with Crippen LogP contribution in [0.5, 0.6) is 17.2 Å². The Hall–Kier alpha value is -8.75. The number of nitrogens with zero attached hydrogens (tertiary/aromatic N) is 7. The topological polar surface area (TPSA) is 221 Å². The van der Waals surface area contributed by atoms with Gasteiger partial charge in [-0.1, -0.05) is 71.2 Å². The molecule has 0 spiro atoms. The number of carbonyl (C=O) groups is 7. The summed E-state index contributed by atoms with van der Waals surface area (Å²) >= 11 is 0. The van der Waals surface area contributed by atoms with E-state index in [1.165, 1.54) is 42.5 Å². The Morgan fingerprint density at radius 2 is 1.24 bits per heavy atom. The van der Waals surface area contributed by atoms with Gasteiger partial charge in [-0.05, 0) is 96.6 Å². The van der Waals surface area contributed by atoms with Gasteiger partial charge in [-0.25, -0.2) is 0 Å². The molecule has 6 aliphatic rings. The summed E-state index contributed by atoms with van der Waals surface area (Å²) in [4.78, 5) is 105. The lowest BCUT2D eigenvalue weighted by Gasteiger charge is -2.34. The molecule has 0 saturated carbocycles. The molecule has 472 valence electrons.